The summed E-state index contributed by atoms with van der Waals surface area (Å²) in [4.78, 5) is 8.13. The van der Waals surface area contributed by atoms with Crippen molar-refractivity contribution >= 4 is 21.7 Å². The standard InChI is InChI=1S/C10H14BrN3O/c1-3-5-6-15-10-8(11)9(12-4-2)13-7-14-10/h3,7H,1,4-6H2,2H3,(H,12,13,14). The van der Waals surface area contributed by atoms with E-state index in [1.807, 2.05) is 6.92 Å². The van der Waals surface area contributed by atoms with Crippen molar-refractivity contribution in [3.8, 4) is 5.88 Å². The van der Waals surface area contributed by atoms with Crippen LogP contribution in [-0.2, 0) is 0 Å². The van der Waals surface area contributed by atoms with E-state index in [-0.39, 0.29) is 0 Å². The minimum absolute atomic E-state index is 0.558. The van der Waals surface area contributed by atoms with Crippen molar-refractivity contribution in [2.45, 2.75) is 13.3 Å². The van der Waals surface area contributed by atoms with E-state index in [4.69, 9.17) is 4.74 Å². The lowest BCUT2D eigenvalue weighted by atomic mass is 10.4. The van der Waals surface area contributed by atoms with E-state index in [0.29, 0.717) is 12.5 Å². The minimum atomic E-state index is 0.558. The first-order chi connectivity index (χ1) is 7.29. The van der Waals surface area contributed by atoms with Crippen molar-refractivity contribution in [3.05, 3.63) is 23.5 Å². The largest absolute Gasteiger partial charge is 0.476 e. The number of rotatable bonds is 6. The van der Waals surface area contributed by atoms with Crippen molar-refractivity contribution < 1.29 is 4.74 Å². The minimum Gasteiger partial charge on any atom is -0.476 e. The van der Waals surface area contributed by atoms with E-state index >= 15 is 0 Å². The highest BCUT2D eigenvalue weighted by Crippen LogP contribution is 2.28. The lowest BCUT2D eigenvalue weighted by molar-refractivity contribution is 0.310. The average Bonchev–Trinajstić information content (AvgIpc) is 2.24. The summed E-state index contributed by atoms with van der Waals surface area (Å²) in [7, 11) is 0. The first-order valence-electron chi connectivity index (χ1n) is 4.77. The highest BCUT2D eigenvalue weighted by Gasteiger charge is 2.08. The second-order valence-electron chi connectivity index (χ2n) is 2.80. The molecule has 4 nitrogen and oxygen atoms in total. The van der Waals surface area contributed by atoms with Crippen LogP contribution in [0.3, 0.4) is 0 Å². The summed E-state index contributed by atoms with van der Waals surface area (Å²) in [6.07, 6.45) is 4.08. The maximum Gasteiger partial charge on any atom is 0.233 e. The Bertz CT molecular complexity index is 330. The zero-order chi connectivity index (χ0) is 11.1. The summed E-state index contributed by atoms with van der Waals surface area (Å²) in [5.41, 5.74) is 0. The molecule has 0 unspecified atom stereocenters. The van der Waals surface area contributed by atoms with E-state index in [2.05, 4.69) is 37.8 Å². The number of ether oxygens (including phenoxy) is 1. The Morgan fingerprint density at radius 1 is 1.60 bits per heavy atom. The van der Waals surface area contributed by atoms with E-state index in [1.165, 1.54) is 6.33 Å². The lowest BCUT2D eigenvalue weighted by Crippen LogP contribution is -2.04. The molecule has 0 radical (unpaired) electrons. The van der Waals surface area contributed by atoms with Gasteiger partial charge in [-0.25, -0.2) is 9.97 Å². The molecule has 0 atom stereocenters. The molecule has 1 aromatic rings. The van der Waals surface area contributed by atoms with Crippen LogP contribution in [0, 0.1) is 0 Å². The molecule has 0 spiro atoms. The lowest BCUT2D eigenvalue weighted by Gasteiger charge is -2.09. The van der Waals surface area contributed by atoms with Gasteiger partial charge in [0, 0.05) is 6.54 Å². The number of nitrogens with zero attached hydrogens (tertiary/aromatic N) is 2. The molecule has 1 rings (SSSR count). The maximum atomic E-state index is 5.45. The van der Waals surface area contributed by atoms with E-state index in [9.17, 15) is 0 Å². The van der Waals surface area contributed by atoms with Gasteiger partial charge in [-0.1, -0.05) is 6.08 Å². The molecule has 1 aromatic heterocycles. The second kappa shape index (κ2) is 6.40. The first-order valence-corrected chi connectivity index (χ1v) is 5.57. The Morgan fingerprint density at radius 2 is 2.40 bits per heavy atom. The Balaban J connectivity index is 2.70. The van der Waals surface area contributed by atoms with Crippen LogP contribution in [-0.4, -0.2) is 23.1 Å². The SMILES string of the molecule is C=CCCOc1ncnc(NCC)c1Br. The molecule has 1 heterocycles. The normalized spacial score (nSPS) is 9.73. The molecule has 0 bridgehead atoms. The van der Waals surface area contributed by atoms with Gasteiger partial charge in [-0.3, -0.25) is 0 Å². The molecule has 1 N–H and O–H groups in total. The third kappa shape index (κ3) is 3.51. The van der Waals surface area contributed by atoms with Crippen LogP contribution in [0.15, 0.2) is 23.5 Å². The van der Waals surface area contributed by atoms with Gasteiger partial charge < -0.3 is 10.1 Å². The quantitative estimate of drug-likeness (QED) is 0.638. The van der Waals surface area contributed by atoms with Gasteiger partial charge in [-0.2, -0.15) is 0 Å². The molecular weight excluding hydrogens is 258 g/mol. The van der Waals surface area contributed by atoms with Crippen LogP contribution in [0.2, 0.25) is 0 Å². The number of aromatic nitrogens is 2. The van der Waals surface area contributed by atoms with Gasteiger partial charge in [-0.15, -0.1) is 6.58 Å². The summed E-state index contributed by atoms with van der Waals surface area (Å²) in [5.74, 6) is 1.31. The molecule has 0 amide bonds. The van der Waals surface area contributed by atoms with Crippen LogP contribution in [0.25, 0.3) is 0 Å². The number of halogens is 1. The van der Waals surface area contributed by atoms with Crippen LogP contribution in [0.4, 0.5) is 5.82 Å². The summed E-state index contributed by atoms with van der Waals surface area (Å²) in [5, 5.41) is 3.11. The predicted octanol–water partition coefficient (Wildman–Crippen LogP) is 2.63. The molecule has 82 valence electrons. The monoisotopic (exact) mass is 271 g/mol. The van der Waals surface area contributed by atoms with Crippen molar-refractivity contribution in [2.75, 3.05) is 18.5 Å². The Kier molecular flexibility index (Phi) is 5.10. The molecule has 0 saturated heterocycles. The molecule has 0 aliphatic heterocycles. The topological polar surface area (TPSA) is 47.0 Å². The highest BCUT2D eigenvalue weighted by atomic mass is 79.9. The first kappa shape index (κ1) is 12.0. The number of anilines is 1. The number of nitrogens with one attached hydrogen (secondary N) is 1. The van der Waals surface area contributed by atoms with Gasteiger partial charge >= 0.3 is 0 Å². The third-order valence-corrected chi connectivity index (χ3v) is 2.38. The van der Waals surface area contributed by atoms with Gasteiger partial charge in [0.05, 0.1) is 6.61 Å². The summed E-state index contributed by atoms with van der Waals surface area (Å²) < 4.78 is 6.22. The van der Waals surface area contributed by atoms with Gasteiger partial charge in [0.15, 0.2) is 0 Å². The van der Waals surface area contributed by atoms with Crippen molar-refractivity contribution in [2.24, 2.45) is 0 Å². The molecule has 15 heavy (non-hydrogen) atoms. The van der Waals surface area contributed by atoms with Gasteiger partial charge in [0.1, 0.15) is 16.6 Å². The van der Waals surface area contributed by atoms with Crippen molar-refractivity contribution in [1.29, 1.82) is 0 Å². The van der Waals surface area contributed by atoms with Gasteiger partial charge in [-0.05, 0) is 29.3 Å². The van der Waals surface area contributed by atoms with Crippen LogP contribution in [0.5, 0.6) is 5.88 Å². The molecule has 0 saturated carbocycles. The van der Waals surface area contributed by atoms with Gasteiger partial charge in [0.2, 0.25) is 5.88 Å². The fraction of sp³-hybridized carbons (Fsp3) is 0.400. The highest BCUT2D eigenvalue weighted by molar-refractivity contribution is 9.10. The van der Waals surface area contributed by atoms with Crippen LogP contribution in [0.1, 0.15) is 13.3 Å². The zero-order valence-corrected chi connectivity index (χ0v) is 10.2. The Labute approximate surface area is 97.9 Å². The Morgan fingerprint density at radius 3 is 3.07 bits per heavy atom. The second-order valence-corrected chi connectivity index (χ2v) is 3.59. The van der Waals surface area contributed by atoms with Crippen molar-refractivity contribution in [3.63, 3.8) is 0 Å². The van der Waals surface area contributed by atoms with E-state index < -0.39 is 0 Å². The molecule has 0 fully saturated rings. The van der Waals surface area contributed by atoms with Gasteiger partial charge in [0.25, 0.3) is 0 Å². The molecular formula is C10H14BrN3O. The van der Waals surface area contributed by atoms with Crippen LogP contribution >= 0.6 is 15.9 Å². The number of hydrogen-bond acceptors (Lipinski definition) is 4. The molecule has 0 aromatic carbocycles. The average molecular weight is 272 g/mol. The summed E-state index contributed by atoms with van der Waals surface area (Å²) in [6, 6.07) is 0. The Hall–Kier alpha value is -1.10. The fourth-order valence-electron chi connectivity index (χ4n) is 0.984. The summed E-state index contributed by atoms with van der Waals surface area (Å²) >= 11 is 3.40. The molecule has 5 heteroatoms. The van der Waals surface area contributed by atoms with Crippen LogP contribution < -0.4 is 10.1 Å². The molecule has 0 aliphatic carbocycles. The zero-order valence-electron chi connectivity index (χ0n) is 8.66. The predicted molar refractivity (Wildman–Crippen MR) is 64.2 cm³/mol. The van der Waals surface area contributed by atoms with E-state index in [0.717, 1.165) is 23.3 Å². The smallest absolute Gasteiger partial charge is 0.233 e. The summed E-state index contributed by atoms with van der Waals surface area (Å²) in [6.45, 7) is 7.01. The van der Waals surface area contributed by atoms with E-state index in [1.54, 1.807) is 6.08 Å². The fourth-order valence-corrected chi connectivity index (χ4v) is 1.44. The number of hydrogen-bond donors (Lipinski definition) is 1. The maximum absolute atomic E-state index is 5.45. The van der Waals surface area contributed by atoms with Crippen molar-refractivity contribution in [1.82, 2.24) is 9.97 Å². The molecule has 0 aliphatic rings. The third-order valence-electron chi connectivity index (χ3n) is 1.66.